The van der Waals surface area contributed by atoms with E-state index < -0.39 is 0 Å². The summed E-state index contributed by atoms with van der Waals surface area (Å²) in [5.74, 6) is 0. The van der Waals surface area contributed by atoms with E-state index in [1.54, 1.807) is 6.20 Å². The van der Waals surface area contributed by atoms with Gasteiger partial charge in [-0.3, -0.25) is 4.98 Å². The minimum absolute atomic E-state index is 0.538. The van der Waals surface area contributed by atoms with Crippen LogP contribution in [0.15, 0.2) is 42.7 Å². The third-order valence-corrected chi connectivity index (χ3v) is 3.19. The number of anilines is 1. The molecule has 0 spiro atoms. The van der Waals surface area contributed by atoms with Crippen molar-refractivity contribution in [1.29, 1.82) is 0 Å². The molecule has 94 valence electrons. The van der Waals surface area contributed by atoms with Crippen molar-refractivity contribution in [1.82, 2.24) is 4.98 Å². The maximum Gasteiger partial charge on any atom is 0.0598 e. The lowest BCUT2D eigenvalue weighted by Crippen LogP contribution is -2.19. The van der Waals surface area contributed by atoms with Crippen LogP contribution in [0.5, 0.6) is 0 Å². The van der Waals surface area contributed by atoms with Gasteiger partial charge in [-0.15, -0.1) is 0 Å². The van der Waals surface area contributed by atoms with Crippen molar-refractivity contribution in [2.45, 2.75) is 20.0 Å². The van der Waals surface area contributed by atoms with E-state index in [-0.39, 0.29) is 0 Å². The van der Waals surface area contributed by atoms with Gasteiger partial charge in [-0.2, -0.15) is 0 Å². The Hall–Kier alpha value is -1.87. The number of hydrogen-bond acceptors (Lipinski definition) is 3. The first-order valence-electron chi connectivity index (χ1n) is 6.11. The number of benzene rings is 1. The van der Waals surface area contributed by atoms with E-state index in [1.807, 2.05) is 12.3 Å². The van der Waals surface area contributed by atoms with Gasteiger partial charge >= 0.3 is 0 Å². The predicted molar refractivity (Wildman–Crippen MR) is 75.4 cm³/mol. The molecule has 3 nitrogen and oxygen atoms in total. The molecule has 3 heteroatoms. The van der Waals surface area contributed by atoms with Crippen molar-refractivity contribution in [2.75, 3.05) is 11.9 Å². The zero-order valence-electron chi connectivity index (χ0n) is 10.9. The number of nitrogens with zero attached hydrogens (tertiary/aromatic N) is 2. The summed E-state index contributed by atoms with van der Waals surface area (Å²) in [6.07, 6.45) is 3.66. The molecule has 0 unspecified atom stereocenters. The molecule has 0 aliphatic heterocycles. The van der Waals surface area contributed by atoms with Gasteiger partial charge in [0.25, 0.3) is 0 Å². The Labute approximate surface area is 108 Å². The summed E-state index contributed by atoms with van der Waals surface area (Å²) in [5.41, 5.74) is 10.6. The van der Waals surface area contributed by atoms with E-state index in [2.05, 4.69) is 48.1 Å². The Morgan fingerprint density at radius 1 is 1.17 bits per heavy atom. The second kappa shape index (κ2) is 5.65. The van der Waals surface area contributed by atoms with Crippen molar-refractivity contribution in [3.8, 4) is 0 Å². The summed E-state index contributed by atoms with van der Waals surface area (Å²) < 4.78 is 0. The zero-order valence-corrected chi connectivity index (χ0v) is 10.9. The van der Waals surface area contributed by atoms with Crippen LogP contribution in [0, 0.1) is 6.92 Å². The van der Waals surface area contributed by atoms with Crippen LogP contribution < -0.4 is 10.6 Å². The van der Waals surface area contributed by atoms with Gasteiger partial charge in [0.15, 0.2) is 0 Å². The number of pyridine rings is 1. The highest BCUT2D eigenvalue weighted by Gasteiger charge is 2.08. The van der Waals surface area contributed by atoms with Crippen LogP contribution in [-0.4, -0.2) is 12.0 Å². The molecule has 1 aromatic heterocycles. The highest BCUT2D eigenvalue weighted by Crippen LogP contribution is 2.20. The van der Waals surface area contributed by atoms with Crippen molar-refractivity contribution in [3.05, 3.63) is 59.4 Å². The summed E-state index contributed by atoms with van der Waals surface area (Å²) >= 11 is 0. The molecule has 0 amide bonds. The molecule has 0 atom stereocenters. The summed E-state index contributed by atoms with van der Waals surface area (Å²) in [6, 6.07) is 10.4. The Morgan fingerprint density at radius 3 is 2.67 bits per heavy atom. The fourth-order valence-corrected chi connectivity index (χ4v) is 2.06. The number of hydrogen-bond donors (Lipinski definition) is 1. The average Bonchev–Trinajstić information content (AvgIpc) is 2.41. The van der Waals surface area contributed by atoms with Crippen LogP contribution in [0.3, 0.4) is 0 Å². The maximum absolute atomic E-state index is 5.76. The first kappa shape index (κ1) is 12.6. The van der Waals surface area contributed by atoms with E-state index >= 15 is 0 Å². The molecule has 1 heterocycles. The van der Waals surface area contributed by atoms with Gasteiger partial charge in [0.1, 0.15) is 0 Å². The molecular weight excluding hydrogens is 222 g/mol. The van der Waals surface area contributed by atoms with E-state index in [9.17, 15) is 0 Å². The summed E-state index contributed by atoms with van der Waals surface area (Å²) in [7, 11) is 2.07. The van der Waals surface area contributed by atoms with Crippen LogP contribution >= 0.6 is 0 Å². The topological polar surface area (TPSA) is 42.2 Å². The lowest BCUT2D eigenvalue weighted by molar-refractivity contribution is 0.890. The van der Waals surface area contributed by atoms with E-state index in [0.717, 1.165) is 17.8 Å². The molecule has 2 rings (SSSR count). The van der Waals surface area contributed by atoms with Gasteiger partial charge in [-0.25, -0.2) is 0 Å². The predicted octanol–water partition coefficient (Wildman–Crippen LogP) is 2.49. The van der Waals surface area contributed by atoms with Crippen molar-refractivity contribution < 1.29 is 0 Å². The number of rotatable bonds is 4. The van der Waals surface area contributed by atoms with E-state index in [1.165, 1.54) is 11.1 Å². The molecule has 0 aliphatic rings. The Kier molecular flexibility index (Phi) is 3.95. The standard InChI is InChI=1S/C15H19N3/c1-12-5-3-4-6-14(12)11-18(2)15-10-17-8-7-13(15)9-16/h3-8,10H,9,11,16H2,1-2H3. The van der Waals surface area contributed by atoms with Gasteiger partial charge < -0.3 is 10.6 Å². The second-order valence-electron chi connectivity index (χ2n) is 4.49. The third kappa shape index (κ3) is 2.68. The lowest BCUT2D eigenvalue weighted by atomic mass is 10.1. The van der Waals surface area contributed by atoms with Gasteiger partial charge in [0.05, 0.1) is 11.9 Å². The molecule has 2 N–H and O–H groups in total. The lowest BCUT2D eigenvalue weighted by Gasteiger charge is -2.22. The van der Waals surface area contributed by atoms with Crippen LogP contribution in [0.1, 0.15) is 16.7 Å². The molecular formula is C15H19N3. The third-order valence-electron chi connectivity index (χ3n) is 3.19. The van der Waals surface area contributed by atoms with Crippen molar-refractivity contribution >= 4 is 5.69 Å². The van der Waals surface area contributed by atoms with E-state index in [4.69, 9.17) is 5.73 Å². The molecule has 0 saturated carbocycles. The minimum Gasteiger partial charge on any atom is -0.369 e. The fraction of sp³-hybridized carbons (Fsp3) is 0.267. The van der Waals surface area contributed by atoms with Crippen LogP contribution in [0.4, 0.5) is 5.69 Å². The second-order valence-corrected chi connectivity index (χ2v) is 4.49. The van der Waals surface area contributed by atoms with Crippen LogP contribution in [0.25, 0.3) is 0 Å². The van der Waals surface area contributed by atoms with Gasteiger partial charge in [0.2, 0.25) is 0 Å². The average molecular weight is 241 g/mol. The minimum atomic E-state index is 0.538. The molecule has 0 radical (unpaired) electrons. The van der Waals surface area contributed by atoms with Crippen LogP contribution in [-0.2, 0) is 13.1 Å². The van der Waals surface area contributed by atoms with Gasteiger partial charge in [-0.1, -0.05) is 24.3 Å². The van der Waals surface area contributed by atoms with Crippen LogP contribution in [0.2, 0.25) is 0 Å². The fourth-order valence-electron chi connectivity index (χ4n) is 2.06. The molecule has 0 saturated heterocycles. The summed E-state index contributed by atoms with van der Waals surface area (Å²) in [4.78, 5) is 6.37. The van der Waals surface area contributed by atoms with Crippen molar-refractivity contribution in [3.63, 3.8) is 0 Å². The Balaban J connectivity index is 2.22. The summed E-state index contributed by atoms with van der Waals surface area (Å²) in [6.45, 7) is 3.54. The molecule has 0 bridgehead atoms. The Bertz CT molecular complexity index is 523. The SMILES string of the molecule is Cc1ccccc1CN(C)c1cnccc1CN. The largest absolute Gasteiger partial charge is 0.369 e. The quantitative estimate of drug-likeness (QED) is 0.894. The normalized spacial score (nSPS) is 10.4. The molecule has 2 aromatic rings. The first-order chi connectivity index (χ1) is 8.72. The first-order valence-corrected chi connectivity index (χ1v) is 6.11. The number of nitrogens with two attached hydrogens (primary N) is 1. The molecule has 0 aliphatic carbocycles. The summed E-state index contributed by atoms with van der Waals surface area (Å²) in [5, 5.41) is 0. The highest BCUT2D eigenvalue weighted by molar-refractivity contribution is 5.51. The highest BCUT2D eigenvalue weighted by atomic mass is 15.1. The Morgan fingerprint density at radius 2 is 1.94 bits per heavy atom. The molecule has 18 heavy (non-hydrogen) atoms. The van der Waals surface area contributed by atoms with Crippen molar-refractivity contribution in [2.24, 2.45) is 5.73 Å². The number of aryl methyl sites for hydroxylation is 1. The molecule has 0 fully saturated rings. The van der Waals surface area contributed by atoms with E-state index in [0.29, 0.717) is 6.54 Å². The monoisotopic (exact) mass is 241 g/mol. The van der Waals surface area contributed by atoms with Gasteiger partial charge in [-0.05, 0) is 29.7 Å². The van der Waals surface area contributed by atoms with Gasteiger partial charge in [0, 0.05) is 26.3 Å². The molecule has 1 aromatic carbocycles. The zero-order chi connectivity index (χ0) is 13.0. The number of aromatic nitrogens is 1. The smallest absolute Gasteiger partial charge is 0.0598 e. The maximum atomic E-state index is 5.76.